The third kappa shape index (κ3) is 3.27. The Hall–Kier alpha value is -1.42. The molecule has 0 aliphatic rings. The van der Waals surface area contributed by atoms with Crippen molar-refractivity contribution in [2.24, 2.45) is 0 Å². The molecular weight excluding hydrogens is 288 g/mol. The maximum absolute atomic E-state index is 13.0. The highest BCUT2D eigenvalue weighted by atomic mass is 79.9. The summed E-state index contributed by atoms with van der Waals surface area (Å²) in [5, 5.41) is 3.13. The number of halogens is 3. The summed E-state index contributed by atoms with van der Waals surface area (Å²) in [6, 6.07) is 11.0. The highest BCUT2D eigenvalue weighted by Gasteiger charge is 2.00. The van der Waals surface area contributed by atoms with Crippen LogP contribution in [0, 0.1) is 11.6 Å². The van der Waals surface area contributed by atoms with Crippen LogP contribution in [0.15, 0.2) is 46.9 Å². The fourth-order valence-corrected chi connectivity index (χ4v) is 1.79. The SMILES string of the molecule is Fc1ccc(CNc2ccc(F)c(Br)c2)cc1. The molecule has 0 saturated carbocycles. The molecule has 2 rings (SSSR count). The first-order valence-corrected chi connectivity index (χ1v) is 5.88. The number of nitrogens with one attached hydrogen (secondary N) is 1. The van der Waals surface area contributed by atoms with Crippen LogP contribution >= 0.6 is 15.9 Å². The molecule has 1 nitrogen and oxygen atoms in total. The topological polar surface area (TPSA) is 12.0 Å². The molecule has 0 unspecified atom stereocenters. The molecule has 17 heavy (non-hydrogen) atoms. The van der Waals surface area contributed by atoms with Gasteiger partial charge in [0.15, 0.2) is 0 Å². The zero-order chi connectivity index (χ0) is 12.3. The second-order valence-corrected chi connectivity index (χ2v) is 4.46. The standard InChI is InChI=1S/C13H10BrF2N/c14-12-7-11(5-6-13(12)16)17-8-9-1-3-10(15)4-2-9/h1-7,17H,8H2. The van der Waals surface area contributed by atoms with Gasteiger partial charge in [-0.1, -0.05) is 12.1 Å². The Morgan fingerprint density at radius 2 is 1.71 bits per heavy atom. The van der Waals surface area contributed by atoms with Crippen molar-refractivity contribution < 1.29 is 8.78 Å². The van der Waals surface area contributed by atoms with E-state index in [9.17, 15) is 8.78 Å². The molecule has 0 aliphatic heterocycles. The fraction of sp³-hybridized carbons (Fsp3) is 0.0769. The molecule has 88 valence electrons. The van der Waals surface area contributed by atoms with Gasteiger partial charge in [-0.25, -0.2) is 8.78 Å². The van der Waals surface area contributed by atoms with E-state index in [1.807, 2.05) is 0 Å². The molecule has 4 heteroatoms. The van der Waals surface area contributed by atoms with Gasteiger partial charge in [0.2, 0.25) is 0 Å². The van der Waals surface area contributed by atoms with Crippen LogP contribution in [-0.2, 0) is 6.54 Å². The van der Waals surface area contributed by atoms with E-state index in [2.05, 4.69) is 21.2 Å². The van der Waals surface area contributed by atoms with Crippen molar-refractivity contribution in [3.63, 3.8) is 0 Å². The van der Waals surface area contributed by atoms with Gasteiger partial charge in [-0.15, -0.1) is 0 Å². The van der Waals surface area contributed by atoms with Crippen molar-refractivity contribution >= 4 is 21.6 Å². The summed E-state index contributed by atoms with van der Waals surface area (Å²) in [5.41, 5.74) is 1.77. The van der Waals surface area contributed by atoms with E-state index in [1.54, 1.807) is 24.3 Å². The van der Waals surface area contributed by atoms with Crippen LogP contribution in [0.4, 0.5) is 14.5 Å². The van der Waals surface area contributed by atoms with Gasteiger partial charge in [-0.2, -0.15) is 0 Å². The van der Waals surface area contributed by atoms with Crippen molar-refractivity contribution in [3.05, 3.63) is 64.1 Å². The maximum Gasteiger partial charge on any atom is 0.137 e. The molecule has 0 fully saturated rings. The van der Waals surface area contributed by atoms with Gasteiger partial charge in [-0.05, 0) is 51.8 Å². The summed E-state index contributed by atoms with van der Waals surface area (Å²) >= 11 is 3.12. The predicted molar refractivity (Wildman–Crippen MR) is 67.8 cm³/mol. The predicted octanol–water partition coefficient (Wildman–Crippen LogP) is 4.34. The zero-order valence-corrected chi connectivity index (χ0v) is 10.5. The van der Waals surface area contributed by atoms with E-state index in [-0.39, 0.29) is 11.6 Å². The number of anilines is 1. The van der Waals surface area contributed by atoms with E-state index in [0.29, 0.717) is 11.0 Å². The summed E-state index contributed by atoms with van der Waals surface area (Å²) in [6.45, 7) is 0.568. The quantitative estimate of drug-likeness (QED) is 0.889. The number of hydrogen-bond acceptors (Lipinski definition) is 1. The van der Waals surface area contributed by atoms with Crippen LogP contribution in [0.25, 0.3) is 0 Å². The summed E-state index contributed by atoms with van der Waals surface area (Å²) < 4.78 is 26.1. The Labute approximate surface area is 107 Å². The number of hydrogen-bond donors (Lipinski definition) is 1. The minimum absolute atomic E-state index is 0.252. The summed E-state index contributed by atoms with van der Waals surface area (Å²) in [4.78, 5) is 0. The molecule has 0 bridgehead atoms. The highest BCUT2D eigenvalue weighted by molar-refractivity contribution is 9.10. The molecule has 0 spiro atoms. The Kier molecular flexibility index (Phi) is 3.74. The number of benzene rings is 2. The fourth-order valence-electron chi connectivity index (χ4n) is 1.41. The molecule has 1 N–H and O–H groups in total. The summed E-state index contributed by atoms with van der Waals surface area (Å²) in [5.74, 6) is -0.546. The zero-order valence-electron chi connectivity index (χ0n) is 8.88. The van der Waals surface area contributed by atoms with Crippen LogP contribution in [0.3, 0.4) is 0 Å². The first-order chi connectivity index (χ1) is 8.15. The third-order valence-corrected chi connectivity index (χ3v) is 2.94. The second kappa shape index (κ2) is 5.27. The van der Waals surface area contributed by atoms with E-state index >= 15 is 0 Å². The van der Waals surface area contributed by atoms with E-state index in [4.69, 9.17) is 0 Å². The second-order valence-electron chi connectivity index (χ2n) is 3.61. The molecule has 0 radical (unpaired) electrons. The molecular formula is C13H10BrF2N. The molecule has 0 saturated heterocycles. The lowest BCUT2D eigenvalue weighted by Gasteiger charge is -2.07. The smallest absolute Gasteiger partial charge is 0.137 e. The Morgan fingerprint density at radius 3 is 2.35 bits per heavy atom. The summed E-state index contributed by atoms with van der Waals surface area (Å²) in [6.07, 6.45) is 0. The van der Waals surface area contributed by atoms with E-state index in [0.717, 1.165) is 11.3 Å². The molecule has 0 amide bonds. The van der Waals surface area contributed by atoms with Gasteiger partial charge in [0.1, 0.15) is 11.6 Å². The molecule has 2 aromatic rings. The van der Waals surface area contributed by atoms with Crippen molar-refractivity contribution in [1.82, 2.24) is 0 Å². The molecule has 0 heterocycles. The minimum Gasteiger partial charge on any atom is -0.381 e. The average molecular weight is 298 g/mol. The Bertz CT molecular complexity index is 511. The maximum atomic E-state index is 13.0. The molecule has 2 aromatic carbocycles. The first kappa shape index (κ1) is 12.0. The van der Waals surface area contributed by atoms with Crippen molar-refractivity contribution in [2.75, 3.05) is 5.32 Å². The largest absolute Gasteiger partial charge is 0.381 e. The van der Waals surface area contributed by atoms with Crippen LogP contribution in [0.5, 0.6) is 0 Å². The van der Waals surface area contributed by atoms with Gasteiger partial charge >= 0.3 is 0 Å². The molecule has 0 aliphatic carbocycles. The van der Waals surface area contributed by atoms with Gasteiger partial charge in [0.25, 0.3) is 0 Å². The van der Waals surface area contributed by atoms with E-state index < -0.39 is 0 Å². The van der Waals surface area contributed by atoms with Crippen molar-refractivity contribution in [1.29, 1.82) is 0 Å². The normalized spacial score (nSPS) is 10.3. The summed E-state index contributed by atoms with van der Waals surface area (Å²) in [7, 11) is 0. The van der Waals surface area contributed by atoms with Gasteiger partial charge < -0.3 is 5.32 Å². The van der Waals surface area contributed by atoms with Crippen molar-refractivity contribution in [2.45, 2.75) is 6.54 Å². The van der Waals surface area contributed by atoms with Crippen molar-refractivity contribution in [3.8, 4) is 0 Å². The van der Waals surface area contributed by atoms with Crippen LogP contribution in [-0.4, -0.2) is 0 Å². The van der Waals surface area contributed by atoms with Gasteiger partial charge in [0, 0.05) is 12.2 Å². The monoisotopic (exact) mass is 297 g/mol. The lowest BCUT2D eigenvalue weighted by atomic mass is 10.2. The molecule has 0 atom stereocenters. The van der Waals surface area contributed by atoms with Gasteiger partial charge in [-0.3, -0.25) is 0 Å². The molecule has 0 aromatic heterocycles. The highest BCUT2D eigenvalue weighted by Crippen LogP contribution is 2.20. The van der Waals surface area contributed by atoms with Gasteiger partial charge in [0.05, 0.1) is 4.47 Å². The van der Waals surface area contributed by atoms with Crippen LogP contribution in [0.2, 0.25) is 0 Å². The minimum atomic E-state index is -0.294. The lowest BCUT2D eigenvalue weighted by molar-refractivity contribution is 0.621. The van der Waals surface area contributed by atoms with Crippen LogP contribution in [0.1, 0.15) is 5.56 Å². The Balaban J connectivity index is 2.02. The third-order valence-electron chi connectivity index (χ3n) is 2.33. The Morgan fingerprint density at radius 1 is 1.00 bits per heavy atom. The number of rotatable bonds is 3. The van der Waals surface area contributed by atoms with Crippen LogP contribution < -0.4 is 5.32 Å². The average Bonchev–Trinajstić information content (AvgIpc) is 2.33. The first-order valence-electron chi connectivity index (χ1n) is 5.08. The lowest BCUT2D eigenvalue weighted by Crippen LogP contribution is -1.99. The van der Waals surface area contributed by atoms with E-state index in [1.165, 1.54) is 18.2 Å².